The zero-order valence-corrected chi connectivity index (χ0v) is 12.7. The number of aromatic amines is 1. The van der Waals surface area contributed by atoms with E-state index in [1.807, 2.05) is 31.2 Å². The summed E-state index contributed by atoms with van der Waals surface area (Å²) in [5, 5.41) is 1.44. The lowest BCUT2D eigenvalue weighted by Gasteiger charge is -2.00. The highest BCUT2D eigenvalue weighted by Gasteiger charge is 2.13. The molecule has 1 N–H and O–H groups in total. The Kier molecular flexibility index (Phi) is 3.36. The van der Waals surface area contributed by atoms with Crippen LogP contribution in [0.1, 0.15) is 21.8 Å². The number of aromatic nitrogens is 2. The van der Waals surface area contributed by atoms with E-state index >= 15 is 0 Å². The minimum absolute atomic E-state index is 0.0522. The fourth-order valence-corrected chi connectivity index (χ4v) is 3.64. The Labute approximate surface area is 125 Å². The van der Waals surface area contributed by atoms with Crippen LogP contribution in [0, 0.1) is 13.8 Å². The summed E-state index contributed by atoms with van der Waals surface area (Å²) < 4.78 is 0. The van der Waals surface area contributed by atoms with Gasteiger partial charge in [-0.25, -0.2) is 4.98 Å². The Bertz CT molecular complexity index is 833. The van der Waals surface area contributed by atoms with Crippen LogP contribution in [-0.4, -0.2) is 9.97 Å². The van der Waals surface area contributed by atoms with E-state index in [1.54, 1.807) is 18.3 Å². The lowest BCUT2D eigenvalue weighted by Crippen LogP contribution is -2.09. The molecular weight excluding hydrogens is 292 g/mol. The quantitative estimate of drug-likeness (QED) is 0.781. The Morgan fingerprint density at radius 3 is 2.65 bits per heavy atom. The highest BCUT2D eigenvalue weighted by atomic mass is 35.5. The first-order valence-corrected chi connectivity index (χ1v) is 7.47. The molecule has 3 rings (SSSR count). The van der Waals surface area contributed by atoms with Crippen molar-refractivity contribution in [2.75, 3.05) is 0 Å². The number of fused-ring (bicyclic) bond motifs is 1. The molecule has 5 heteroatoms. The van der Waals surface area contributed by atoms with Gasteiger partial charge in [0.05, 0.1) is 5.39 Å². The third kappa shape index (κ3) is 2.37. The van der Waals surface area contributed by atoms with Crippen LogP contribution in [0.2, 0.25) is 5.02 Å². The largest absolute Gasteiger partial charge is 0.310 e. The van der Waals surface area contributed by atoms with Gasteiger partial charge in [0.2, 0.25) is 0 Å². The second kappa shape index (κ2) is 5.04. The molecule has 0 aliphatic rings. The number of halogens is 1. The monoisotopic (exact) mass is 304 g/mol. The molecule has 0 amide bonds. The molecule has 0 aliphatic carbocycles. The SMILES string of the molecule is Cc1nc2sc(Cc3ccc(Cl)cc3)c(C)c2c(=O)[nH]1. The van der Waals surface area contributed by atoms with Crippen LogP contribution in [0.4, 0.5) is 0 Å². The summed E-state index contributed by atoms with van der Waals surface area (Å²) in [6.07, 6.45) is 0.794. The smallest absolute Gasteiger partial charge is 0.259 e. The predicted octanol–water partition coefficient (Wildman–Crippen LogP) is 3.85. The second-order valence-corrected chi connectivity index (χ2v) is 6.31. The minimum Gasteiger partial charge on any atom is -0.310 e. The summed E-state index contributed by atoms with van der Waals surface area (Å²) in [6.45, 7) is 3.78. The molecule has 2 aromatic heterocycles. The van der Waals surface area contributed by atoms with Crippen LogP contribution >= 0.6 is 22.9 Å². The first-order valence-electron chi connectivity index (χ1n) is 6.28. The topological polar surface area (TPSA) is 45.8 Å². The van der Waals surface area contributed by atoms with E-state index in [-0.39, 0.29) is 5.56 Å². The van der Waals surface area contributed by atoms with Gasteiger partial charge in [0.25, 0.3) is 5.56 Å². The molecular formula is C15H13ClN2OS. The highest BCUT2D eigenvalue weighted by molar-refractivity contribution is 7.18. The molecule has 0 bridgehead atoms. The van der Waals surface area contributed by atoms with E-state index in [0.717, 1.165) is 21.8 Å². The van der Waals surface area contributed by atoms with Crippen molar-refractivity contribution in [3.05, 3.63) is 61.5 Å². The third-order valence-electron chi connectivity index (χ3n) is 3.30. The molecule has 20 heavy (non-hydrogen) atoms. The van der Waals surface area contributed by atoms with Crippen LogP contribution in [0.25, 0.3) is 10.2 Å². The first-order chi connectivity index (χ1) is 9.54. The van der Waals surface area contributed by atoms with Crippen molar-refractivity contribution in [1.29, 1.82) is 0 Å². The van der Waals surface area contributed by atoms with Crippen molar-refractivity contribution in [3.8, 4) is 0 Å². The summed E-state index contributed by atoms with van der Waals surface area (Å²) >= 11 is 7.48. The number of aryl methyl sites for hydroxylation is 2. The number of hydrogen-bond donors (Lipinski definition) is 1. The van der Waals surface area contributed by atoms with Gasteiger partial charge < -0.3 is 4.98 Å². The summed E-state index contributed by atoms with van der Waals surface area (Å²) in [7, 11) is 0. The maximum absolute atomic E-state index is 12.0. The standard InChI is InChI=1S/C15H13ClN2OS/c1-8-12(7-10-3-5-11(16)6-4-10)20-15-13(8)14(19)17-9(2)18-15/h3-6H,7H2,1-2H3,(H,17,18,19). The predicted molar refractivity (Wildman–Crippen MR) is 84.0 cm³/mol. The molecule has 0 fully saturated rings. The van der Waals surface area contributed by atoms with Crippen LogP contribution in [0.5, 0.6) is 0 Å². The van der Waals surface area contributed by atoms with Gasteiger partial charge in [0.1, 0.15) is 10.7 Å². The Morgan fingerprint density at radius 2 is 1.95 bits per heavy atom. The van der Waals surface area contributed by atoms with Crippen LogP contribution in [-0.2, 0) is 6.42 Å². The number of nitrogens with zero attached hydrogens (tertiary/aromatic N) is 1. The molecule has 0 spiro atoms. The zero-order chi connectivity index (χ0) is 14.3. The molecule has 1 aromatic carbocycles. The molecule has 0 saturated heterocycles. The second-order valence-electron chi connectivity index (χ2n) is 4.78. The van der Waals surface area contributed by atoms with Gasteiger partial charge in [-0.3, -0.25) is 4.79 Å². The van der Waals surface area contributed by atoms with Crippen molar-refractivity contribution in [3.63, 3.8) is 0 Å². The van der Waals surface area contributed by atoms with E-state index in [0.29, 0.717) is 11.2 Å². The summed E-state index contributed by atoms with van der Waals surface area (Å²) in [5.74, 6) is 0.654. The number of H-pyrrole nitrogens is 1. The van der Waals surface area contributed by atoms with E-state index in [4.69, 9.17) is 11.6 Å². The number of thiophene rings is 1. The lowest BCUT2D eigenvalue weighted by molar-refractivity contribution is 1.06. The highest BCUT2D eigenvalue weighted by Crippen LogP contribution is 2.29. The fourth-order valence-electron chi connectivity index (χ4n) is 2.25. The van der Waals surface area contributed by atoms with Gasteiger partial charge >= 0.3 is 0 Å². The summed E-state index contributed by atoms with van der Waals surface area (Å²) in [5.41, 5.74) is 2.15. The molecule has 0 radical (unpaired) electrons. The van der Waals surface area contributed by atoms with E-state index in [2.05, 4.69) is 9.97 Å². The average Bonchev–Trinajstić information content (AvgIpc) is 2.69. The van der Waals surface area contributed by atoms with Gasteiger partial charge in [-0.1, -0.05) is 23.7 Å². The maximum Gasteiger partial charge on any atom is 0.259 e. The van der Waals surface area contributed by atoms with E-state index < -0.39 is 0 Å². The number of nitrogens with one attached hydrogen (secondary N) is 1. The molecule has 0 unspecified atom stereocenters. The van der Waals surface area contributed by atoms with Gasteiger partial charge in [0, 0.05) is 16.3 Å². The molecule has 3 nitrogen and oxygen atoms in total. The van der Waals surface area contributed by atoms with Crippen molar-refractivity contribution in [1.82, 2.24) is 9.97 Å². The molecule has 102 valence electrons. The molecule has 3 aromatic rings. The van der Waals surface area contributed by atoms with Crippen molar-refractivity contribution in [2.24, 2.45) is 0 Å². The van der Waals surface area contributed by atoms with Crippen LogP contribution in [0.15, 0.2) is 29.1 Å². The molecule has 2 heterocycles. The first kappa shape index (κ1) is 13.3. The van der Waals surface area contributed by atoms with Gasteiger partial charge in [0.15, 0.2) is 0 Å². The number of benzene rings is 1. The lowest BCUT2D eigenvalue weighted by atomic mass is 10.1. The zero-order valence-electron chi connectivity index (χ0n) is 11.2. The summed E-state index contributed by atoms with van der Waals surface area (Å²) in [4.78, 5) is 21.2. The van der Waals surface area contributed by atoms with Crippen molar-refractivity contribution < 1.29 is 0 Å². The van der Waals surface area contributed by atoms with Crippen molar-refractivity contribution in [2.45, 2.75) is 20.3 Å². The van der Waals surface area contributed by atoms with E-state index in [9.17, 15) is 4.79 Å². The van der Waals surface area contributed by atoms with Gasteiger partial charge in [-0.15, -0.1) is 11.3 Å². The Balaban J connectivity index is 2.08. The number of rotatable bonds is 2. The fraction of sp³-hybridized carbons (Fsp3) is 0.200. The minimum atomic E-state index is -0.0522. The Morgan fingerprint density at radius 1 is 1.25 bits per heavy atom. The maximum atomic E-state index is 12.0. The van der Waals surface area contributed by atoms with E-state index in [1.165, 1.54) is 10.4 Å². The van der Waals surface area contributed by atoms with Gasteiger partial charge in [-0.05, 0) is 37.1 Å². The van der Waals surface area contributed by atoms with Gasteiger partial charge in [-0.2, -0.15) is 0 Å². The molecule has 0 saturated carbocycles. The summed E-state index contributed by atoms with van der Waals surface area (Å²) in [6, 6.07) is 7.79. The third-order valence-corrected chi connectivity index (χ3v) is 4.73. The number of hydrogen-bond acceptors (Lipinski definition) is 3. The van der Waals surface area contributed by atoms with Crippen LogP contribution < -0.4 is 5.56 Å². The Hall–Kier alpha value is -1.65. The normalized spacial score (nSPS) is 11.2. The molecule has 0 atom stereocenters. The van der Waals surface area contributed by atoms with Crippen LogP contribution in [0.3, 0.4) is 0 Å². The average molecular weight is 305 g/mol. The molecule has 0 aliphatic heterocycles. The van der Waals surface area contributed by atoms with Crippen molar-refractivity contribution >= 4 is 33.2 Å².